The van der Waals surface area contributed by atoms with E-state index in [-0.39, 0.29) is 12.2 Å². The highest BCUT2D eigenvalue weighted by Gasteiger charge is 2.33. The normalized spacial score (nSPS) is 23.4. The van der Waals surface area contributed by atoms with E-state index >= 15 is 0 Å². The number of benzene rings is 1. The quantitative estimate of drug-likeness (QED) is 0.762. The molecule has 4 nitrogen and oxygen atoms in total. The molecule has 1 heterocycles. The molecule has 1 aromatic carbocycles. The Bertz CT molecular complexity index is 426. The Morgan fingerprint density at radius 2 is 1.89 bits per heavy atom. The lowest BCUT2D eigenvalue weighted by molar-refractivity contribution is -0.00461. The van der Waals surface area contributed by atoms with Crippen LogP contribution in [-0.4, -0.2) is 45.8 Å². The van der Waals surface area contributed by atoms with Gasteiger partial charge in [-0.2, -0.15) is 0 Å². The molecule has 2 unspecified atom stereocenters. The van der Waals surface area contributed by atoms with Crippen molar-refractivity contribution in [1.29, 1.82) is 0 Å². The average Bonchev–Trinajstić information content (AvgIpc) is 2.81. The number of carbonyl (C=O) groups is 1. The summed E-state index contributed by atoms with van der Waals surface area (Å²) in [5, 5.41) is 0. The summed E-state index contributed by atoms with van der Waals surface area (Å²) in [6.45, 7) is 1.25. The summed E-state index contributed by atoms with van der Waals surface area (Å²) in [6.07, 6.45) is 0.583. The van der Waals surface area contributed by atoms with Crippen LogP contribution in [0, 0.1) is 5.82 Å². The van der Waals surface area contributed by atoms with E-state index in [2.05, 4.69) is 0 Å². The monoisotopic (exact) mass is 253 g/mol. The maximum Gasteiger partial charge on any atom is 0.152 e. The van der Waals surface area contributed by atoms with Gasteiger partial charge in [0.1, 0.15) is 18.0 Å². The van der Waals surface area contributed by atoms with Crippen molar-refractivity contribution >= 4 is 12.0 Å². The molecule has 1 fully saturated rings. The molecule has 0 spiro atoms. The first kappa shape index (κ1) is 13.0. The van der Waals surface area contributed by atoms with Crippen molar-refractivity contribution < 1.29 is 18.7 Å². The molecule has 1 aliphatic rings. The number of halogens is 1. The molecule has 18 heavy (non-hydrogen) atoms. The maximum absolute atomic E-state index is 13.1. The highest BCUT2D eigenvalue weighted by molar-refractivity contribution is 5.84. The van der Waals surface area contributed by atoms with Gasteiger partial charge in [-0.05, 0) is 18.2 Å². The fraction of sp³-hybridized carbons (Fsp3) is 0.462. The lowest BCUT2D eigenvalue weighted by Gasteiger charge is -2.19. The minimum atomic E-state index is -0.411. The van der Waals surface area contributed by atoms with E-state index in [9.17, 15) is 9.18 Å². The molecule has 98 valence electrons. The zero-order valence-corrected chi connectivity index (χ0v) is 10.4. The van der Waals surface area contributed by atoms with Gasteiger partial charge >= 0.3 is 0 Å². The van der Waals surface area contributed by atoms with E-state index in [0.29, 0.717) is 30.6 Å². The van der Waals surface area contributed by atoms with Crippen molar-refractivity contribution in [2.75, 3.05) is 32.2 Å². The summed E-state index contributed by atoms with van der Waals surface area (Å²) in [4.78, 5) is 13.0. The Morgan fingerprint density at radius 1 is 1.28 bits per heavy atom. The molecule has 2 atom stereocenters. The van der Waals surface area contributed by atoms with Crippen molar-refractivity contribution in [2.45, 2.75) is 12.2 Å². The fourth-order valence-corrected chi connectivity index (χ4v) is 2.30. The number of hydrogen-bond acceptors (Lipinski definition) is 4. The van der Waals surface area contributed by atoms with Crippen LogP contribution in [0.4, 0.5) is 10.1 Å². The van der Waals surface area contributed by atoms with Gasteiger partial charge in [0.15, 0.2) is 6.29 Å². The number of nitrogens with zero attached hydrogens (tertiary/aromatic N) is 1. The Kier molecular flexibility index (Phi) is 3.93. The lowest BCUT2D eigenvalue weighted by atomic mass is 10.1. The summed E-state index contributed by atoms with van der Waals surface area (Å²) < 4.78 is 23.7. The smallest absolute Gasteiger partial charge is 0.152 e. The summed E-state index contributed by atoms with van der Waals surface area (Å²) in [6, 6.07) is 4.21. The predicted molar refractivity (Wildman–Crippen MR) is 65.6 cm³/mol. The van der Waals surface area contributed by atoms with Crippen LogP contribution >= 0.6 is 0 Å². The van der Waals surface area contributed by atoms with Crippen LogP contribution in [0.15, 0.2) is 18.2 Å². The molecule has 0 bridgehead atoms. The van der Waals surface area contributed by atoms with E-state index < -0.39 is 5.82 Å². The minimum Gasteiger partial charge on any atom is -0.377 e. The van der Waals surface area contributed by atoms with Gasteiger partial charge in [0.05, 0.1) is 0 Å². The van der Waals surface area contributed by atoms with Gasteiger partial charge in [0.25, 0.3) is 0 Å². The zero-order chi connectivity index (χ0) is 13.1. The molecule has 0 aromatic heterocycles. The first-order valence-electron chi connectivity index (χ1n) is 5.75. The van der Waals surface area contributed by atoms with Crippen molar-refractivity contribution in [3.05, 3.63) is 29.6 Å². The molecule has 0 aliphatic carbocycles. The van der Waals surface area contributed by atoms with Crippen LogP contribution in [0.1, 0.15) is 10.4 Å². The summed E-state index contributed by atoms with van der Waals surface area (Å²) >= 11 is 0. The second kappa shape index (κ2) is 5.46. The predicted octanol–water partition coefficient (Wildman–Crippen LogP) is 1.49. The van der Waals surface area contributed by atoms with Crippen molar-refractivity contribution in [3.8, 4) is 0 Å². The average molecular weight is 253 g/mol. The lowest BCUT2D eigenvalue weighted by Crippen LogP contribution is -2.27. The number of methoxy groups -OCH3 is 2. The standard InChI is InChI=1S/C13H16FNO3/c1-17-12-6-15(7-13(12)18-2)11-4-3-10(14)5-9(11)8-16/h3-5,8,12-13H,6-7H2,1-2H3. The van der Waals surface area contributed by atoms with Gasteiger partial charge in [-0.1, -0.05) is 0 Å². The second-order valence-corrected chi connectivity index (χ2v) is 4.27. The van der Waals surface area contributed by atoms with Crippen molar-refractivity contribution in [2.24, 2.45) is 0 Å². The van der Waals surface area contributed by atoms with Crippen LogP contribution in [0.2, 0.25) is 0 Å². The van der Waals surface area contributed by atoms with E-state index in [4.69, 9.17) is 9.47 Å². The summed E-state index contributed by atoms with van der Waals surface area (Å²) in [5.74, 6) is -0.411. The Morgan fingerprint density at radius 3 is 2.39 bits per heavy atom. The first-order valence-corrected chi connectivity index (χ1v) is 5.75. The summed E-state index contributed by atoms with van der Waals surface area (Å²) in [5.41, 5.74) is 1.06. The van der Waals surface area contributed by atoms with Gasteiger partial charge in [0, 0.05) is 38.6 Å². The van der Waals surface area contributed by atoms with E-state index in [1.54, 1.807) is 20.3 Å². The van der Waals surface area contributed by atoms with Crippen LogP contribution in [-0.2, 0) is 9.47 Å². The Labute approximate surface area is 105 Å². The molecule has 0 radical (unpaired) electrons. The third kappa shape index (κ3) is 2.37. The zero-order valence-electron chi connectivity index (χ0n) is 10.4. The summed E-state index contributed by atoms with van der Waals surface area (Å²) in [7, 11) is 3.26. The molecular formula is C13H16FNO3. The van der Waals surface area contributed by atoms with E-state index in [1.807, 2.05) is 4.90 Å². The van der Waals surface area contributed by atoms with Gasteiger partial charge in [-0.25, -0.2) is 4.39 Å². The molecule has 5 heteroatoms. The second-order valence-electron chi connectivity index (χ2n) is 4.27. The fourth-order valence-electron chi connectivity index (χ4n) is 2.30. The third-order valence-corrected chi connectivity index (χ3v) is 3.28. The van der Waals surface area contributed by atoms with E-state index in [0.717, 1.165) is 0 Å². The van der Waals surface area contributed by atoms with Crippen LogP contribution in [0.5, 0.6) is 0 Å². The Balaban J connectivity index is 2.25. The first-order chi connectivity index (χ1) is 8.69. The number of hydrogen-bond donors (Lipinski definition) is 0. The Hall–Kier alpha value is -1.46. The molecule has 0 saturated carbocycles. The molecule has 0 N–H and O–H groups in total. The van der Waals surface area contributed by atoms with Gasteiger partial charge in [-0.3, -0.25) is 4.79 Å². The maximum atomic E-state index is 13.1. The van der Waals surface area contributed by atoms with Crippen LogP contribution in [0.3, 0.4) is 0 Å². The topological polar surface area (TPSA) is 38.8 Å². The van der Waals surface area contributed by atoms with Gasteiger partial charge < -0.3 is 14.4 Å². The SMILES string of the molecule is COC1CN(c2ccc(F)cc2C=O)CC1OC. The molecule has 2 rings (SSSR count). The highest BCUT2D eigenvalue weighted by Crippen LogP contribution is 2.26. The van der Waals surface area contributed by atoms with Crippen molar-refractivity contribution in [1.82, 2.24) is 0 Å². The third-order valence-electron chi connectivity index (χ3n) is 3.28. The number of aldehydes is 1. The largest absolute Gasteiger partial charge is 0.377 e. The number of ether oxygens (including phenoxy) is 2. The molecular weight excluding hydrogens is 237 g/mol. The number of anilines is 1. The molecule has 1 aliphatic heterocycles. The van der Waals surface area contributed by atoms with Crippen LogP contribution in [0.25, 0.3) is 0 Å². The molecule has 1 saturated heterocycles. The minimum absolute atomic E-state index is 0.0421. The number of rotatable bonds is 4. The molecule has 1 aromatic rings. The van der Waals surface area contributed by atoms with Crippen LogP contribution < -0.4 is 4.90 Å². The van der Waals surface area contributed by atoms with Gasteiger partial charge in [0.2, 0.25) is 0 Å². The van der Waals surface area contributed by atoms with Crippen molar-refractivity contribution in [3.63, 3.8) is 0 Å². The number of carbonyl (C=O) groups excluding carboxylic acids is 1. The highest BCUT2D eigenvalue weighted by atomic mass is 19.1. The molecule has 0 amide bonds. The van der Waals surface area contributed by atoms with Gasteiger partial charge in [-0.15, -0.1) is 0 Å². The van der Waals surface area contributed by atoms with E-state index in [1.165, 1.54) is 12.1 Å².